The van der Waals surface area contributed by atoms with Crippen LogP contribution in [0.4, 0.5) is 4.39 Å². The van der Waals surface area contributed by atoms with Gasteiger partial charge in [-0.15, -0.1) is 0 Å². The second-order valence-electron chi connectivity index (χ2n) is 3.37. The standard InChI is InChI=1S/C12H12ClFO4/c1-3-18-12(16)6-10(15)7-4-11(17-2)8(13)5-9(7)14/h4-5H,3,6H2,1-2H3. The van der Waals surface area contributed by atoms with Crippen molar-refractivity contribution in [2.75, 3.05) is 13.7 Å². The van der Waals surface area contributed by atoms with Crippen LogP contribution in [0.3, 0.4) is 0 Å². The van der Waals surface area contributed by atoms with Crippen LogP contribution in [0.25, 0.3) is 0 Å². The van der Waals surface area contributed by atoms with Gasteiger partial charge >= 0.3 is 5.97 Å². The smallest absolute Gasteiger partial charge is 0.313 e. The van der Waals surface area contributed by atoms with E-state index in [1.165, 1.54) is 13.2 Å². The van der Waals surface area contributed by atoms with Gasteiger partial charge in [0.05, 0.1) is 24.3 Å². The fourth-order valence-corrected chi connectivity index (χ4v) is 1.57. The molecule has 0 spiro atoms. The fourth-order valence-electron chi connectivity index (χ4n) is 1.34. The Morgan fingerprint density at radius 1 is 1.39 bits per heavy atom. The van der Waals surface area contributed by atoms with E-state index in [4.69, 9.17) is 16.3 Å². The van der Waals surface area contributed by atoms with Crippen molar-refractivity contribution in [1.29, 1.82) is 0 Å². The molecule has 0 aliphatic heterocycles. The lowest BCUT2D eigenvalue weighted by molar-refractivity contribution is -0.141. The molecule has 98 valence electrons. The summed E-state index contributed by atoms with van der Waals surface area (Å²) in [7, 11) is 1.35. The Morgan fingerprint density at radius 3 is 2.61 bits per heavy atom. The first-order valence-corrected chi connectivity index (χ1v) is 5.59. The zero-order valence-corrected chi connectivity index (χ0v) is 10.7. The highest BCUT2D eigenvalue weighted by Gasteiger charge is 2.19. The lowest BCUT2D eigenvalue weighted by Crippen LogP contribution is -2.12. The zero-order valence-electron chi connectivity index (χ0n) is 9.96. The first kappa shape index (κ1) is 14.4. The molecule has 0 radical (unpaired) electrons. The zero-order chi connectivity index (χ0) is 13.7. The van der Waals surface area contributed by atoms with Crippen molar-refractivity contribution in [3.05, 3.63) is 28.5 Å². The third-order valence-corrected chi connectivity index (χ3v) is 2.45. The van der Waals surface area contributed by atoms with E-state index in [1.54, 1.807) is 6.92 Å². The van der Waals surface area contributed by atoms with Crippen LogP contribution in [0.15, 0.2) is 12.1 Å². The van der Waals surface area contributed by atoms with Gasteiger partial charge in [-0.3, -0.25) is 9.59 Å². The third kappa shape index (κ3) is 3.43. The Bertz CT molecular complexity index is 473. The Hall–Kier alpha value is -1.62. The Labute approximate surface area is 109 Å². The van der Waals surface area contributed by atoms with E-state index in [0.717, 1.165) is 6.07 Å². The number of carbonyl (C=O) groups is 2. The van der Waals surface area contributed by atoms with Gasteiger partial charge in [-0.1, -0.05) is 11.6 Å². The highest BCUT2D eigenvalue weighted by atomic mass is 35.5. The number of ketones is 1. The molecule has 0 saturated heterocycles. The molecule has 0 amide bonds. The minimum Gasteiger partial charge on any atom is -0.495 e. The van der Waals surface area contributed by atoms with Crippen molar-refractivity contribution in [2.45, 2.75) is 13.3 Å². The molecule has 6 heteroatoms. The summed E-state index contributed by atoms with van der Waals surface area (Å²) in [6.07, 6.45) is -0.518. The highest BCUT2D eigenvalue weighted by Crippen LogP contribution is 2.28. The number of benzene rings is 1. The maximum absolute atomic E-state index is 13.5. The van der Waals surface area contributed by atoms with Crippen LogP contribution in [0.2, 0.25) is 5.02 Å². The number of Topliss-reactive ketones (excluding diaryl/α,β-unsaturated/α-hetero) is 1. The molecule has 1 aromatic rings. The van der Waals surface area contributed by atoms with Crippen LogP contribution in [0, 0.1) is 5.82 Å². The van der Waals surface area contributed by atoms with Crippen LogP contribution in [0.1, 0.15) is 23.7 Å². The van der Waals surface area contributed by atoms with E-state index in [-0.39, 0.29) is 22.9 Å². The van der Waals surface area contributed by atoms with Gasteiger partial charge in [0.25, 0.3) is 0 Å². The van der Waals surface area contributed by atoms with Crippen molar-refractivity contribution in [3.63, 3.8) is 0 Å². The average Bonchev–Trinajstić information content (AvgIpc) is 2.29. The van der Waals surface area contributed by atoms with Crippen LogP contribution in [-0.2, 0) is 9.53 Å². The summed E-state index contributed by atoms with van der Waals surface area (Å²) in [6, 6.07) is 2.14. The van der Waals surface area contributed by atoms with Gasteiger partial charge in [-0.2, -0.15) is 0 Å². The minimum atomic E-state index is -0.796. The SMILES string of the molecule is CCOC(=O)CC(=O)c1cc(OC)c(Cl)cc1F. The molecular weight excluding hydrogens is 263 g/mol. The first-order chi connectivity index (χ1) is 8.49. The molecule has 0 atom stereocenters. The number of esters is 1. The van der Waals surface area contributed by atoms with Crippen LogP contribution in [0.5, 0.6) is 5.75 Å². The summed E-state index contributed by atoms with van der Waals surface area (Å²) in [6.45, 7) is 1.78. The van der Waals surface area contributed by atoms with Crippen molar-refractivity contribution < 1.29 is 23.5 Å². The molecule has 4 nitrogen and oxygen atoms in total. The lowest BCUT2D eigenvalue weighted by Gasteiger charge is -2.07. The van der Waals surface area contributed by atoms with Gasteiger partial charge in [-0.05, 0) is 19.1 Å². The van der Waals surface area contributed by atoms with Gasteiger partial charge in [0.2, 0.25) is 0 Å². The van der Waals surface area contributed by atoms with Crippen molar-refractivity contribution >= 4 is 23.4 Å². The number of hydrogen-bond acceptors (Lipinski definition) is 4. The van der Waals surface area contributed by atoms with E-state index in [2.05, 4.69) is 4.74 Å². The van der Waals surface area contributed by atoms with Gasteiger partial charge in [0.15, 0.2) is 5.78 Å². The largest absolute Gasteiger partial charge is 0.495 e. The second kappa shape index (κ2) is 6.35. The summed E-state index contributed by atoms with van der Waals surface area (Å²) in [4.78, 5) is 22.8. The Kier molecular flexibility index (Phi) is 5.09. The number of halogens is 2. The molecular formula is C12H12ClFO4. The maximum Gasteiger partial charge on any atom is 0.313 e. The summed E-state index contributed by atoms with van der Waals surface area (Å²) in [5.74, 6) is -2.00. The van der Waals surface area contributed by atoms with E-state index in [1.807, 2.05) is 0 Å². The number of rotatable bonds is 5. The van der Waals surface area contributed by atoms with Gasteiger partial charge in [0, 0.05) is 0 Å². The molecule has 0 saturated carbocycles. The molecule has 1 aromatic carbocycles. The number of ether oxygens (including phenoxy) is 2. The van der Waals surface area contributed by atoms with Gasteiger partial charge in [-0.25, -0.2) is 4.39 Å². The van der Waals surface area contributed by atoms with Crippen molar-refractivity contribution in [1.82, 2.24) is 0 Å². The van der Waals surface area contributed by atoms with Crippen LogP contribution < -0.4 is 4.74 Å². The molecule has 18 heavy (non-hydrogen) atoms. The van der Waals surface area contributed by atoms with Gasteiger partial charge < -0.3 is 9.47 Å². The van der Waals surface area contributed by atoms with E-state index >= 15 is 0 Å². The fraction of sp³-hybridized carbons (Fsp3) is 0.333. The summed E-state index contributed by atoms with van der Waals surface area (Å²) in [5.41, 5.74) is -0.246. The third-order valence-electron chi connectivity index (χ3n) is 2.15. The molecule has 1 rings (SSSR count). The van der Waals surface area contributed by atoms with Gasteiger partial charge in [0.1, 0.15) is 18.0 Å². The number of hydrogen-bond donors (Lipinski definition) is 0. The Balaban J connectivity index is 2.95. The normalized spacial score (nSPS) is 10.0. The molecule has 0 fully saturated rings. The van der Waals surface area contributed by atoms with E-state index in [0.29, 0.717) is 0 Å². The highest BCUT2D eigenvalue weighted by molar-refractivity contribution is 6.32. The average molecular weight is 275 g/mol. The number of carbonyl (C=O) groups excluding carboxylic acids is 2. The molecule has 0 aliphatic rings. The molecule has 0 aliphatic carbocycles. The maximum atomic E-state index is 13.5. The predicted octanol–water partition coefficient (Wildman–Crippen LogP) is 2.62. The van der Waals surface area contributed by atoms with Crippen LogP contribution >= 0.6 is 11.6 Å². The molecule has 0 aromatic heterocycles. The summed E-state index contributed by atoms with van der Waals surface area (Å²) < 4.78 is 23.0. The number of methoxy groups -OCH3 is 1. The first-order valence-electron chi connectivity index (χ1n) is 5.21. The quantitative estimate of drug-likeness (QED) is 0.470. The predicted molar refractivity (Wildman–Crippen MR) is 63.5 cm³/mol. The van der Waals surface area contributed by atoms with Crippen molar-refractivity contribution in [3.8, 4) is 5.75 Å². The second-order valence-corrected chi connectivity index (χ2v) is 3.78. The summed E-state index contributed by atoms with van der Waals surface area (Å²) in [5, 5.41) is 0.0580. The topological polar surface area (TPSA) is 52.6 Å². The summed E-state index contributed by atoms with van der Waals surface area (Å²) >= 11 is 5.69. The lowest BCUT2D eigenvalue weighted by atomic mass is 10.1. The molecule has 0 N–H and O–H groups in total. The molecule has 0 heterocycles. The molecule has 0 bridgehead atoms. The van der Waals surface area contributed by atoms with E-state index < -0.39 is 24.0 Å². The minimum absolute atomic E-state index is 0.0580. The monoisotopic (exact) mass is 274 g/mol. The van der Waals surface area contributed by atoms with E-state index in [9.17, 15) is 14.0 Å². The molecule has 0 unspecified atom stereocenters. The van der Waals surface area contributed by atoms with Crippen molar-refractivity contribution in [2.24, 2.45) is 0 Å². The Morgan fingerprint density at radius 2 is 2.06 bits per heavy atom. The van der Waals surface area contributed by atoms with Crippen LogP contribution in [-0.4, -0.2) is 25.5 Å².